The molecule has 0 saturated heterocycles. The molecule has 1 amide bonds. The van der Waals surface area contributed by atoms with Gasteiger partial charge in [-0.05, 0) is 43.7 Å². The molecule has 3 rings (SSSR count). The van der Waals surface area contributed by atoms with Crippen LogP contribution in [0.2, 0.25) is 0 Å². The van der Waals surface area contributed by atoms with Gasteiger partial charge in [0.25, 0.3) is 15.9 Å². The van der Waals surface area contributed by atoms with Gasteiger partial charge in [-0.2, -0.15) is 0 Å². The van der Waals surface area contributed by atoms with E-state index in [1.54, 1.807) is 24.3 Å². The first-order valence-electron chi connectivity index (χ1n) is 9.33. The molecule has 0 atom stereocenters. The summed E-state index contributed by atoms with van der Waals surface area (Å²) in [6, 6.07) is 19.9. The van der Waals surface area contributed by atoms with Gasteiger partial charge in [-0.1, -0.05) is 54.1 Å². The van der Waals surface area contributed by atoms with Crippen molar-refractivity contribution in [3.8, 4) is 0 Å². The third-order valence-electron chi connectivity index (χ3n) is 4.54. The number of carbonyl (C=O) groups is 2. The van der Waals surface area contributed by atoms with Crippen LogP contribution in [0.3, 0.4) is 0 Å². The number of amides is 1. The molecule has 0 unspecified atom stereocenters. The molecule has 0 aliphatic heterocycles. The van der Waals surface area contributed by atoms with Crippen molar-refractivity contribution >= 4 is 27.4 Å². The lowest BCUT2D eigenvalue weighted by Gasteiger charge is -2.13. The van der Waals surface area contributed by atoms with Gasteiger partial charge in [-0.3, -0.25) is 14.3 Å². The van der Waals surface area contributed by atoms with Crippen molar-refractivity contribution in [2.75, 3.05) is 4.72 Å². The number of aryl methyl sites for hydroxylation is 1. The molecule has 0 bridgehead atoms. The summed E-state index contributed by atoms with van der Waals surface area (Å²) in [6.07, 6.45) is 0. The normalized spacial score (nSPS) is 11.0. The van der Waals surface area contributed by atoms with Crippen molar-refractivity contribution in [3.05, 3.63) is 95.1 Å². The highest BCUT2D eigenvalue weighted by Gasteiger charge is 2.19. The molecule has 154 valence electrons. The summed E-state index contributed by atoms with van der Waals surface area (Å²) in [5, 5.41) is 2.81. The number of Topliss-reactive ketones (excluding diaryl/α,β-unsaturated/α-hetero) is 1. The van der Waals surface area contributed by atoms with E-state index in [0.29, 0.717) is 12.1 Å². The molecule has 7 heteroatoms. The molecule has 0 aromatic heterocycles. The monoisotopic (exact) mass is 422 g/mol. The molecule has 0 saturated carbocycles. The number of nitrogens with one attached hydrogen (secondary N) is 2. The lowest BCUT2D eigenvalue weighted by molar-refractivity contribution is 0.0950. The largest absolute Gasteiger partial charge is 0.348 e. The average Bonchev–Trinajstić information content (AvgIpc) is 2.73. The summed E-state index contributed by atoms with van der Waals surface area (Å²) >= 11 is 0. The molecule has 6 nitrogen and oxygen atoms in total. The molecular formula is C23H22N2O4S. The van der Waals surface area contributed by atoms with Gasteiger partial charge in [-0.25, -0.2) is 8.42 Å². The second kappa shape index (κ2) is 8.92. The van der Waals surface area contributed by atoms with E-state index >= 15 is 0 Å². The molecule has 3 aromatic carbocycles. The zero-order valence-electron chi connectivity index (χ0n) is 16.7. The number of rotatable bonds is 7. The van der Waals surface area contributed by atoms with Gasteiger partial charge in [0, 0.05) is 12.1 Å². The maximum Gasteiger partial charge on any atom is 0.261 e. The molecule has 0 radical (unpaired) electrons. The number of para-hydroxylation sites is 1. The Kier molecular flexibility index (Phi) is 6.32. The molecule has 0 heterocycles. The van der Waals surface area contributed by atoms with Gasteiger partial charge < -0.3 is 5.32 Å². The van der Waals surface area contributed by atoms with E-state index in [2.05, 4.69) is 10.0 Å². The van der Waals surface area contributed by atoms with E-state index < -0.39 is 15.9 Å². The maximum atomic E-state index is 12.8. The van der Waals surface area contributed by atoms with Crippen LogP contribution in [0.5, 0.6) is 0 Å². The lowest BCUT2D eigenvalue weighted by atomic mass is 10.1. The van der Waals surface area contributed by atoms with Gasteiger partial charge in [-0.15, -0.1) is 0 Å². The van der Waals surface area contributed by atoms with E-state index in [9.17, 15) is 18.0 Å². The highest BCUT2D eigenvalue weighted by molar-refractivity contribution is 7.92. The SMILES string of the molecule is CC(=O)c1cccc(S(=O)(=O)Nc2ccccc2C(=O)NCc2ccc(C)cc2)c1. The molecule has 0 spiro atoms. The molecule has 0 aliphatic carbocycles. The Morgan fingerprint density at radius 2 is 1.60 bits per heavy atom. The van der Waals surface area contributed by atoms with Crippen LogP contribution in [-0.2, 0) is 16.6 Å². The second-order valence-corrected chi connectivity index (χ2v) is 8.59. The fourth-order valence-electron chi connectivity index (χ4n) is 2.84. The van der Waals surface area contributed by atoms with Crippen LogP contribution in [0.15, 0.2) is 77.7 Å². The first-order valence-corrected chi connectivity index (χ1v) is 10.8. The van der Waals surface area contributed by atoms with E-state index in [1.807, 2.05) is 31.2 Å². The Hall–Kier alpha value is -3.45. The summed E-state index contributed by atoms with van der Waals surface area (Å²) in [7, 11) is -3.98. The van der Waals surface area contributed by atoms with Crippen molar-refractivity contribution in [2.45, 2.75) is 25.3 Å². The first kappa shape index (κ1) is 21.3. The van der Waals surface area contributed by atoms with Gasteiger partial charge in [0.2, 0.25) is 0 Å². The van der Waals surface area contributed by atoms with Crippen LogP contribution in [0, 0.1) is 6.92 Å². The van der Waals surface area contributed by atoms with Gasteiger partial charge in [0.1, 0.15) is 0 Å². The van der Waals surface area contributed by atoms with Gasteiger partial charge in [0.05, 0.1) is 16.1 Å². The fourth-order valence-corrected chi connectivity index (χ4v) is 3.96. The van der Waals surface area contributed by atoms with Crippen LogP contribution < -0.4 is 10.0 Å². The number of sulfonamides is 1. The van der Waals surface area contributed by atoms with Crippen LogP contribution in [0.4, 0.5) is 5.69 Å². The summed E-state index contributed by atoms with van der Waals surface area (Å²) in [6.45, 7) is 3.67. The Bertz CT molecular complexity index is 1190. The third kappa shape index (κ3) is 5.12. The van der Waals surface area contributed by atoms with Crippen LogP contribution in [-0.4, -0.2) is 20.1 Å². The summed E-state index contributed by atoms with van der Waals surface area (Å²) in [4.78, 5) is 24.2. The zero-order valence-corrected chi connectivity index (χ0v) is 17.5. The Morgan fingerprint density at radius 3 is 2.30 bits per heavy atom. The van der Waals surface area contributed by atoms with Crippen molar-refractivity contribution in [1.29, 1.82) is 0 Å². The Labute approximate surface area is 176 Å². The molecular weight excluding hydrogens is 400 g/mol. The minimum atomic E-state index is -3.98. The Balaban J connectivity index is 1.80. The van der Waals surface area contributed by atoms with Crippen molar-refractivity contribution in [2.24, 2.45) is 0 Å². The molecule has 2 N–H and O–H groups in total. The summed E-state index contributed by atoms with van der Waals surface area (Å²) < 4.78 is 28.1. The van der Waals surface area contributed by atoms with E-state index in [4.69, 9.17) is 0 Å². The van der Waals surface area contributed by atoms with E-state index in [-0.39, 0.29) is 21.9 Å². The van der Waals surface area contributed by atoms with Gasteiger partial charge in [0.15, 0.2) is 5.78 Å². The van der Waals surface area contributed by atoms with Crippen LogP contribution >= 0.6 is 0 Å². The number of hydrogen-bond acceptors (Lipinski definition) is 4. The number of ketones is 1. The highest BCUT2D eigenvalue weighted by Crippen LogP contribution is 2.21. The number of hydrogen-bond donors (Lipinski definition) is 2. The maximum absolute atomic E-state index is 12.8. The van der Waals surface area contributed by atoms with Crippen LogP contribution in [0.25, 0.3) is 0 Å². The van der Waals surface area contributed by atoms with E-state index in [0.717, 1.165) is 11.1 Å². The van der Waals surface area contributed by atoms with Gasteiger partial charge >= 0.3 is 0 Å². The predicted octanol–water partition coefficient (Wildman–Crippen LogP) is 3.93. The molecule has 30 heavy (non-hydrogen) atoms. The topological polar surface area (TPSA) is 92.3 Å². The first-order chi connectivity index (χ1) is 14.3. The average molecular weight is 423 g/mol. The fraction of sp³-hybridized carbons (Fsp3) is 0.130. The smallest absolute Gasteiger partial charge is 0.261 e. The quantitative estimate of drug-likeness (QED) is 0.564. The van der Waals surface area contributed by atoms with Crippen molar-refractivity contribution in [1.82, 2.24) is 5.32 Å². The predicted molar refractivity (Wildman–Crippen MR) is 116 cm³/mol. The van der Waals surface area contributed by atoms with Crippen LogP contribution in [0.1, 0.15) is 38.8 Å². The van der Waals surface area contributed by atoms with Crippen molar-refractivity contribution in [3.63, 3.8) is 0 Å². The molecule has 0 aliphatic rings. The molecule has 0 fully saturated rings. The minimum absolute atomic E-state index is 0.0509. The number of carbonyl (C=O) groups excluding carboxylic acids is 2. The second-order valence-electron chi connectivity index (χ2n) is 6.90. The summed E-state index contributed by atoms with van der Waals surface area (Å²) in [5.74, 6) is -0.630. The lowest BCUT2D eigenvalue weighted by Crippen LogP contribution is -2.25. The minimum Gasteiger partial charge on any atom is -0.348 e. The highest BCUT2D eigenvalue weighted by atomic mass is 32.2. The Morgan fingerprint density at radius 1 is 0.900 bits per heavy atom. The third-order valence-corrected chi connectivity index (χ3v) is 5.90. The van der Waals surface area contributed by atoms with E-state index in [1.165, 1.54) is 31.2 Å². The number of benzene rings is 3. The number of anilines is 1. The standard InChI is InChI=1S/C23H22N2O4S/c1-16-10-12-18(13-11-16)15-24-23(27)21-8-3-4-9-22(21)25-30(28,29)20-7-5-6-19(14-20)17(2)26/h3-14,25H,15H2,1-2H3,(H,24,27). The summed E-state index contributed by atoms with van der Waals surface area (Å²) in [5.41, 5.74) is 2.72. The molecule has 3 aromatic rings. The van der Waals surface area contributed by atoms with Crippen molar-refractivity contribution < 1.29 is 18.0 Å². The zero-order chi connectivity index (χ0) is 21.7.